The fourth-order valence-electron chi connectivity index (χ4n) is 2.24. The Balaban J connectivity index is 1.72. The number of nitrogens with one attached hydrogen (secondary N) is 1. The molecule has 1 amide bonds. The molecule has 0 radical (unpaired) electrons. The Bertz CT molecular complexity index is 865. The van der Waals surface area contributed by atoms with E-state index in [1.807, 2.05) is 37.3 Å². The van der Waals surface area contributed by atoms with E-state index in [9.17, 15) is 4.79 Å². The summed E-state index contributed by atoms with van der Waals surface area (Å²) in [7, 11) is 0. The van der Waals surface area contributed by atoms with E-state index in [1.165, 1.54) is 0 Å². The average Bonchev–Trinajstić information content (AvgIpc) is 2.54. The van der Waals surface area contributed by atoms with Gasteiger partial charge < -0.3 is 10.1 Å². The van der Waals surface area contributed by atoms with Crippen LogP contribution in [0.25, 0.3) is 10.9 Å². The third-order valence-electron chi connectivity index (χ3n) is 3.30. The molecule has 0 aliphatic rings. The lowest BCUT2D eigenvalue weighted by molar-refractivity contribution is -0.118. The molecule has 0 fully saturated rings. The van der Waals surface area contributed by atoms with Crippen LogP contribution in [-0.4, -0.2) is 17.5 Å². The van der Waals surface area contributed by atoms with Crippen molar-refractivity contribution in [3.63, 3.8) is 0 Å². The molecule has 3 aromatic rings. The second-order valence-corrected chi connectivity index (χ2v) is 5.56. The highest BCUT2D eigenvalue weighted by atomic mass is 35.5. The first-order chi connectivity index (χ1) is 11.1. The van der Waals surface area contributed by atoms with E-state index >= 15 is 0 Å². The average molecular weight is 327 g/mol. The van der Waals surface area contributed by atoms with Gasteiger partial charge in [0.1, 0.15) is 5.75 Å². The van der Waals surface area contributed by atoms with Crippen LogP contribution in [-0.2, 0) is 4.79 Å². The summed E-state index contributed by atoms with van der Waals surface area (Å²) in [5.74, 6) is 0.306. The summed E-state index contributed by atoms with van der Waals surface area (Å²) in [5.41, 5.74) is 2.34. The number of pyridine rings is 1. The monoisotopic (exact) mass is 326 g/mol. The number of para-hydroxylation sites is 1. The molecule has 0 bridgehead atoms. The number of anilines is 1. The lowest BCUT2D eigenvalue weighted by Crippen LogP contribution is -2.20. The van der Waals surface area contributed by atoms with Crippen molar-refractivity contribution in [2.45, 2.75) is 6.92 Å². The zero-order chi connectivity index (χ0) is 16.2. The maximum atomic E-state index is 12.1. The summed E-state index contributed by atoms with van der Waals surface area (Å²) in [6.07, 6.45) is 0. The van der Waals surface area contributed by atoms with Gasteiger partial charge in [0.2, 0.25) is 0 Å². The summed E-state index contributed by atoms with van der Waals surface area (Å²) in [6, 6.07) is 16.5. The van der Waals surface area contributed by atoms with E-state index in [-0.39, 0.29) is 12.5 Å². The number of hydrogen-bond donors (Lipinski definition) is 1. The minimum atomic E-state index is -0.249. The van der Waals surface area contributed by atoms with Gasteiger partial charge >= 0.3 is 0 Å². The van der Waals surface area contributed by atoms with E-state index in [0.717, 1.165) is 16.6 Å². The number of carbonyl (C=O) groups excluding carboxylic acids is 1. The third-order valence-corrected chi connectivity index (χ3v) is 3.53. The Hall–Kier alpha value is -2.59. The molecule has 5 heteroatoms. The van der Waals surface area contributed by atoms with Crippen LogP contribution >= 0.6 is 11.6 Å². The first kappa shape index (κ1) is 15.3. The maximum absolute atomic E-state index is 12.1. The van der Waals surface area contributed by atoms with Crippen molar-refractivity contribution in [3.05, 3.63) is 65.3 Å². The second kappa shape index (κ2) is 6.67. The molecule has 0 atom stereocenters. The van der Waals surface area contributed by atoms with Gasteiger partial charge in [-0.15, -0.1) is 0 Å². The van der Waals surface area contributed by atoms with Crippen molar-refractivity contribution < 1.29 is 9.53 Å². The predicted octanol–water partition coefficient (Wildman–Crippen LogP) is 4.21. The Kier molecular flexibility index (Phi) is 4.44. The first-order valence-electron chi connectivity index (χ1n) is 7.16. The molecule has 0 aliphatic carbocycles. The molecule has 0 spiro atoms. The fourth-order valence-corrected chi connectivity index (χ4v) is 2.42. The summed E-state index contributed by atoms with van der Waals surface area (Å²) >= 11 is 5.88. The Labute approximate surface area is 139 Å². The number of fused-ring (bicyclic) bond motifs is 1. The summed E-state index contributed by atoms with van der Waals surface area (Å²) < 4.78 is 5.44. The van der Waals surface area contributed by atoms with Crippen LogP contribution in [0, 0.1) is 6.92 Å². The highest BCUT2D eigenvalue weighted by Crippen LogP contribution is 2.22. The van der Waals surface area contributed by atoms with Gasteiger partial charge in [-0.25, -0.2) is 0 Å². The number of aromatic nitrogens is 1. The minimum Gasteiger partial charge on any atom is -0.484 e. The van der Waals surface area contributed by atoms with E-state index < -0.39 is 0 Å². The van der Waals surface area contributed by atoms with Crippen molar-refractivity contribution in [1.82, 2.24) is 4.98 Å². The standard InChI is InChI=1S/C18H15ClN2O2/c1-12-8-9-13-4-2-7-16(18(13)20-12)21-17(22)11-23-15-6-3-5-14(19)10-15/h2-10H,11H2,1H3,(H,21,22). The lowest BCUT2D eigenvalue weighted by atomic mass is 10.1. The largest absolute Gasteiger partial charge is 0.484 e. The number of hydrogen-bond acceptors (Lipinski definition) is 3. The summed E-state index contributed by atoms with van der Waals surface area (Å²) in [5, 5.41) is 4.38. The molecule has 4 nitrogen and oxygen atoms in total. The second-order valence-electron chi connectivity index (χ2n) is 5.12. The molecule has 3 rings (SSSR count). The number of benzene rings is 2. The lowest BCUT2D eigenvalue weighted by Gasteiger charge is -2.10. The van der Waals surface area contributed by atoms with Gasteiger partial charge in [-0.2, -0.15) is 0 Å². The zero-order valence-corrected chi connectivity index (χ0v) is 13.3. The van der Waals surface area contributed by atoms with Crippen molar-refractivity contribution in [2.24, 2.45) is 0 Å². The van der Waals surface area contributed by atoms with Crippen LogP contribution in [0.1, 0.15) is 5.69 Å². The number of halogens is 1. The molecular formula is C18H15ClN2O2. The molecule has 2 aromatic carbocycles. The fraction of sp³-hybridized carbons (Fsp3) is 0.111. The molecular weight excluding hydrogens is 312 g/mol. The SMILES string of the molecule is Cc1ccc2cccc(NC(=O)COc3cccc(Cl)c3)c2n1. The van der Waals surface area contributed by atoms with E-state index in [4.69, 9.17) is 16.3 Å². The third kappa shape index (κ3) is 3.79. The summed E-state index contributed by atoms with van der Waals surface area (Å²) in [6.45, 7) is 1.82. The number of aryl methyl sites for hydroxylation is 1. The van der Waals surface area contributed by atoms with Crippen LogP contribution in [0.15, 0.2) is 54.6 Å². The van der Waals surface area contributed by atoms with Crippen LogP contribution in [0.2, 0.25) is 5.02 Å². The molecule has 1 aromatic heterocycles. The van der Waals surface area contributed by atoms with Gasteiger partial charge in [0.25, 0.3) is 5.91 Å². The highest BCUT2D eigenvalue weighted by Gasteiger charge is 2.08. The molecule has 0 saturated carbocycles. The van der Waals surface area contributed by atoms with Crippen LogP contribution in [0.4, 0.5) is 5.69 Å². The number of ether oxygens (including phenoxy) is 1. The number of carbonyl (C=O) groups is 1. The quantitative estimate of drug-likeness (QED) is 0.781. The zero-order valence-electron chi connectivity index (χ0n) is 12.5. The number of nitrogens with zero attached hydrogens (tertiary/aromatic N) is 1. The van der Waals surface area contributed by atoms with Crippen LogP contribution < -0.4 is 10.1 Å². The summed E-state index contributed by atoms with van der Waals surface area (Å²) in [4.78, 5) is 16.6. The smallest absolute Gasteiger partial charge is 0.262 e. The Morgan fingerprint density at radius 3 is 2.83 bits per heavy atom. The van der Waals surface area contributed by atoms with E-state index in [1.54, 1.807) is 24.3 Å². The maximum Gasteiger partial charge on any atom is 0.262 e. The molecule has 1 heterocycles. The number of rotatable bonds is 4. The van der Waals surface area contributed by atoms with E-state index in [0.29, 0.717) is 16.5 Å². The van der Waals surface area contributed by atoms with Gasteiger partial charge in [0, 0.05) is 16.1 Å². The predicted molar refractivity (Wildman–Crippen MR) is 92.1 cm³/mol. The molecule has 116 valence electrons. The molecule has 1 N–H and O–H groups in total. The van der Waals surface area contributed by atoms with Gasteiger partial charge in [0.05, 0.1) is 11.2 Å². The first-order valence-corrected chi connectivity index (χ1v) is 7.54. The van der Waals surface area contributed by atoms with Crippen LogP contribution in [0.3, 0.4) is 0 Å². The van der Waals surface area contributed by atoms with Gasteiger partial charge in [-0.3, -0.25) is 9.78 Å². The Morgan fingerprint density at radius 1 is 1.17 bits per heavy atom. The Morgan fingerprint density at radius 2 is 2.00 bits per heavy atom. The minimum absolute atomic E-state index is 0.0947. The normalized spacial score (nSPS) is 10.5. The van der Waals surface area contributed by atoms with Crippen molar-refractivity contribution in [3.8, 4) is 5.75 Å². The molecule has 23 heavy (non-hydrogen) atoms. The van der Waals surface area contributed by atoms with Gasteiger partial charge in [-0.05, 0) is 37.3 Å². The molecule has 0 unspecified atom stereocenters. The number of amides is 1. The van der Waals surface area contributed by atoms with Crippen LogP contribution in [0.5, 0.6) is 5.75 Å². The highest BCUT2D eigenvalue weighted by molar-refractivity contribution is 6.30. The van der Waals surface area contributed by atoms with Gasteiger partial charge in [0.15, 0.2) is 6.61 Å². The van der Waals surface area contributed by atoms with Crippen molar-refractivity contribution in [1.29, 1.82) is 0 Å². The van der Waals surface area contributed by atoms with E-state index in [2.05, 4.69) is 10.3 Å². The van der Waals surface area contributed by atoms with Crippen molar-refractivity contribution >= 4 is 34.1 Å². The topological polar surface area (TPSA) is 51.2 Å². The molecule has 0 saturated heterocycles. The van der Waals surface area contributed by atoms with Gasteiger partial charge in [-0.1, -0.05) is 35.9 Å². The molecule has 0 aliphatic heterocycles. The van der Waals surface area contributed by atoms with Crippen molar-refractivity contribution in [2.75, 3.05) is 11.9 Å².